The summed E-state index contributed by atoms with van der Waals surface area (Å²) in [6.07, 6.45) is 2.31. The van der Waals surface area contributed by atoms with Crippen LogP contribution in [0.3, 0.4) is 0 Å². The molecule has 2 rings (SSSR count). The molecule has 0 amide bonds. The summed E-state index contributed by atoms with van der Waals surface area (Å²) in [5, 5.41) is 0. The summed E-state index contributed by atoms with van der Waals surface area (Å²) >= 11 is 0. The number of nitrogens with zero attached hydrogens (tertiary/aromatic N) is 1. The van der Waals surface area contributed by atoms with Gasteiger partial charge in [0.1, 0.15) is 11.8 Å². The molecule has 0 aromatic heterocycles. The van der Waals surface area contributed by atoms with Crippen molar-refractivity contribution in [2.24, 2.45) is 4.99 Å². The number of carbonyl (C=O) groups excluding carboxylic acids is 1. The summed E-state index contributed by atoms with van der Waals surface area (Å²) in [4.78, 5) is 14.0. The van der Waals surface area contributed by atoms with Crippen LogP contribution >= 0.6 is 0 Å². The van der Waals surface area contributed by atoms with Gasteiger partial charge >= 0.3 is 0 Å². The Labute approximate surface area is 99.0 Å². The number of benzene rings is 1. The molecule has 1 aliphatic rings. The molecule has 1 unspecified atom stereocenters. The van der Waals surface area contributed by atoms with Crippen molar-refractivity contribution < 1.29 is 19.0 Å². The first-order valence-corrected chi connectivity index (χ1v) is 5.34. The molecule has 0 saturated carbocycles. The minimum atomic E-state index is -0.0214. The van der Waals surface area contributed by atoms with Gasteiger partial charge in [0.15, 0.2) is 11.5 Å². The smallest absolute Gasteiger partial charge is 0.240 e. The highest BCUT2D eigenvalue weighted by Gasteiger charge is 2.21. The number of aliphatic imine (C=N–C) groups is 1. The third kappa shape index (κ3) is 2.64. The van der Waals surface area contributed by atoms with Crippen molar-refractivity contribution in [1.29, 1.82) is 0 Å². The molecule has 0 radical (unpaired) electrons. The van der Waals surface area contributed by atoms with E-state index in [-0.39, 0.29) is 6.10 Å². The van der Waals surface area contributed by atoms with Crippen LogP contribution in [-0.4, -0.2) is 32.5 Å². The zero-order chi connectivity index (χ0) is 12.1. The van der Waals surface area contributed by atoms with E-state index in [2.05, 4.69) is 4.99 Å². The van der Waals surface area contributed by atoms with Gasteiger partial charge in [0, 0.05) is 6.42 Å². The molecule has 0 spiro atoms. The van der Waals surface area contributed by atoms with E-state index in [1.54, 1.807) is 25.3 Å². The molecule has 1 heterocycles. The highest BCUT2D eigenvalue weighted by atomic mass is 16.6. The van der Waals surface area contributed by atoms with Gasteiger partial charge in [-0.05, 0) is 12.1 Å². The van der Waals surface area contributed by atoms with Crippen molar-refractivity contribution in [1.82, 2.24) is 0 Å². The summed E-state index contributed by atoms with van der Waals surface area (Å²) in [6, 6.07) is 5.18. The summed E-state index contributed by atoms with van der Waals surface area (Å²) in [5.74, 6) is 1.02. The Morgan fingerprint density at radius 2 is 2.41 bits per heavy atom. The summed E-state index contributed by atoms with van der Waals surface area (Å²) in [6.45, 7) is 1.23. The Morgan fingerprint density at radius 1 is 1.53 bits per heavy atom. The molecule has 5 nitrogen and oxygen atoms in total. The molecule has 1 atom stereocenters. The van der Waals surface area contributed by atoms with E-state index in [1.165, 1.54) is 6.08 Å². The predicted molar refractivity (Wildman–Crippen MR) is 60.6 cm³/mol. The van der Waals surface area contributed by atoms with Crippen LogP contribution in [0.15, 0.2) is 23.2 Å². The molecule has 5 heteroatoms. The lowest BCUT2D eigenvalue weighted by atomic mass is 10.2. The zero-order valence-corrected chi connectivity index (χ0v) is 9.51. The second-order valence-electron chi connectivity index (χ2n) is 3.62. The normalized spacial score (nSPS) is 18.5. The van der Waals surface area contributed by atoms with Crippen molar-refractivity contribution in [3.63, 3.8) is 0 Å². The van der Waals surface area contributed by atoms with Gasteiger partial charge in [0.05, 0.1) is 20.3 Å². The van der Waals surface area contributed by atoms with Crippen LogP contribution in [0.2, 0.25) is 0 Å². The third-order valence-electron chi connectivity index (χ3n) is 2.52. The Kier molecular flexibility index (Phi) is 3.75. The zero-order valence-electron chi connectivity index (χ0n) is 9.51. The van der Waals surface area contributed by atoms with Crippen molar-refractivity contribution >= 4 is 11.8 Å². The molecule has 0 bridgehead atoms. The van der Waals surface area contributed by atoms with Gasteiger partial charge < -0.3 is 14.2 Å². The Hall–Kier alpha value is -1.84. The minimum absolute atomic E-state index is 0.0214. The van der Waals surface area contributed by atoms with E-state index in [0.717, 1.165) is 6.42 Å². The highest BCUT2D eigenvalue weighted by molar-refractivity contribution is 5.63. The fourth-order valence-electron chi connectivity index (χ4n) is 1.69. The molecule has 1 aromatic carbocycles. The van der Waals surface area contributed by atoms with Gasteiger partial charge in [-0.15, -0.1) is 0 Å². The monoisotopic (exact) mass is 235 g/mol. The number of isocyanates is 1. The lowest BCUT2D eigenvalue weighted by Gasteiger charge is -2.15. The molecule has 0 N–H and O–H groups in total. The van der Waals surface area contributed by atoms with E-state index >= 15 is 0 Å². The number of hydrogen-bond acceptors (Lipinski definition) is 5. The van der Waals surface area contributed by atoms with Crippen molar-refractivity contribution in [3.8, 4) is 11.5 Å². The number of rotatable bonds is 4. The van der Waals surface area contributed by atoms with Gasteiger partial charge in [0.25, 0.3) is 0 Å². The van der Waals surface area contributed by atoms with Crippen LogP contribution in [-0.2, 0) is 9.53 Å². The molecule has 1 aliphatic heterocycles. The van der Waals surface area contributed by atoms with Crippen LogP contribution in [0.4, 0.5) is 5.69 Å². The fraction of sp³-hybridized carbons (Fsp3) is 0.417. The molecular formula is C12H13NO4. The summed E-state index contributed by atoms with van der Waals surface area (Å²) in [5.41, 5.74) is 0.422. The average molecular weight is 235 g/mol. The maximum absolute atomic E-state index is 10.4. The van der Waals surface area contributed by atoms with Crippen LogP contribution in [0.25, 0.3) is 0 Å². The van der Waals surface area contributed by atoms with Crippen LogP contribution in [0.5, 0.6) is 11.5 Å². The fourth-order valence-corrected chi connectivity index (χ4v) is 1.69. The molecular weight excluding hydrogens is 222 g/mol. The lowest BCUT2D eigenvalue weighted by Crippen LogP contribution is -2.16. The maximum Gasteiger partial charge on any atom is 0.240 e. The second-order valence-corrected chi connectivity index (χ2v) is 3.62. The standard InChI is InChI=1S/C12H13NO4/c1-15-11-4-2-3-10(13-8-14)12(11)17-9-5-6-16-7-9/h2-4,9H,5-7H2,1H3. The van der Waals surface area contributed by atoms with E-state index in [0.29, 0.717) is 30.4 Å². The number of para-hydroxylation sites is 1. The van der Waals surface area contributed by atoms with E-state index in [1.807, 2.05) is 0 Å². The molecule has 90 valence electrons. The number of methoxy groups -OCH3 is 1. The Balaban J connectivity index is 2.29. The molecule has 0 aliphatic carbocycles. The van der Waals surface area contributed by atoms with Gasteiger partial charge in [-0.1, -0.05) is 6.07 Å². The third-order valence-corrected chi connectivity index (χ3v) is 2.52. The maximum atomic E-state index is 10.4. The van der Waals surface area contributed by atoms with Crippen LogP contribution < -0.4 is 9.47 Å². The number of hydrogen-bond donors (Lipinski definition) is 0. The van der Waals surface area contributed by atoms with Crippen molar-refractivity contribution in [3.05, 3.63) is 18.2 Å². The van der Waals surface area contributed by atoms with Gasteiger partial charge in [0.2, 0.25) is 6.08 Å². The van der Waals surface area contributed by atoms with Crippen LogP contribution in [0.1, 0.15) is 6.42 Å². The van der Waals surface area contributed by atoms with Crippen molar-refractivity contribution in [2.45, 2.75) is 12.5 Å². The van der Waals surface area contributed by atoms with E-state index < -0.39 is 0 Å². The lowest BCUT2D eigenvalue weighted by molar-refractivity contribution is 0.139. The number of ether oxygens (including phenoxy) is 3. The second kappa shape index (κ2) is 5.48. The van der Waals surface area contributed by atoms with Gasteiger partial charge in [-0.2, -0.15) is 4.99 Å². The first-order chi connectivity index (χ1) is 8.35. The van der Waals surface area contributed by atoms with Gasteiger partial charge in [-0.3, -0.25) is 0 Å². The van der Waals surface area contributed by atoms with Crippen molar-refractivity contribution in [2.75, 3.05) is 20.3 Å². The first-order valence-electron chi connectivity index (χ1n) is 5.34. The largest absolute Gasteiger partial charge is 0.493 e. The van der Waals surface area contributed by atoms with E-state index in [4.69, 9.17) is 14.2 Å². The first kappa shape index (κ1) is 11.6. The van der Waals surface area contributed by atoms with Crippen LogP contribution in [0, 0.1) is 0 Å². The summed E-state index contributed by atoms with van der Waals surface area (Å²) < 4.78 is 16.2. The minimum Gasteiger partial charge on any atom is -0.493 e. The highest BCUT2D eigenvalue weighted by Crippen LogP contribution is 2.38. The summed E-state index contributed by atoms with van der Waals surface area (Å²) in [7, 11) is 1.54. The topological polar surface area (TPSA) is 57.1 Å². The average Bonchev–Trinajstić information content (AvgIpc) is 2.84. The Bertz CT molecular complexity index is 434. The molecule has 1 saturated heterocycles. The van der Waals surface area contributed by atoms with Gasteiger partial charge in [-0.25, -0.2) is 4.79 Å². The molecule has 1 fully saturated rings. The SMILES string of the molecule is COc1cccc(N=C=O)c1OC1CCOC1. The van der Waals surface area contributed by atoms with E-state index in [9.17, 15) is 4.79 Å². The quantitative estimate of drug-likeness (QED) is 0.590. The Morgan fingerprint density at radius 3 is 3.06 bits per heavy atom. The molecule has 17 heavy (non-hydrogen) atoms. The molecule has 1 aromatic rings. The predicted octanol–water partition coefficient (Wildman–Crippen LogP) is 1.83.